The highest BCUT2D eigenvalue weighted by atomic mass is 32.1. The third-order valence-corrected chi connectivity index (χ3v) is 3.49. The maximum Gasteiger partial charge on any atom is 0.125 e. The molecule has 0 fully saturated rings. The maximum atomic E-state index is 4.52. The Bertz CT molecular complexity index is 470. The lowest BCUT2D eigenvalue weighted by molar-refractivity contribution is 0.518. The van der Waals surface area contributed by atoms with Crippen LogP contribution in [0.4, 0.5) is 0 Å². The van der Waals surface area contributed by atoms with Crippen molar-refractivity contribution in [2.75, 3.05) is 6.54 Å². The summed E-state index contributed by atoms with van der Waals surface area (Å²) in [7, 11) is 0. The Kier molecular flexibility index (Phi) is 4.78. The molecule has 0 spiro atoms. The molecule has 18 heavy (non-hydrogen) atoms. The fourth-order valence-electron chi connectivity index (χ4n) is 1.81. The van der Waals surface area contributed by atoms with Crippen LogP contribution < -0.4 is 5.32 Å². The summed E-state index contributed by atoms with van der Waals surface area (Å²) in [5, 5.41) is 3.54. The van der Waals surface area contributed by atoms with Crippen LogP contribution in [0.15, 0.2) is 24.0 Å². The third-order valence-electron chi connectivity index (χ3n) is 2.68. The zero-order valence-electron chi connectivity index (χ0n) is 10.8. The van der Waals surface area contributed by atoms with Crippen LogP contribution in [0.25, 0.3) is 0 Å². The average Bonchev–Trinajstić information content (AvgIpc) is 2.87. The molecule has 1 unspecified atom stereocenters. The highest BCUT2D eigenvalue weighted by Gasteiger charge is 2.14. The summed E-state index contributed by atoms with van der Waals surface area (Å²) < 4.78 is 0. The third kappa shape index (κ3) is 3.58. The van der Waals surface area contributed by atoms with Crippen LogP contribution >= 0.6 is 11.3 Å². The molecule has 96 valence electrons. The Morgan fingerprint density at radius 1 is 1.44 bits per heavy atom. The van der Waals surface area contributed by atoms with Crippen LogP contribution in [0.3, 0.4) is 0 Å². The normalized spacial score (nSPS) is 12.6. The van der Waals surface area contributed by atoms with Crippen molar-refractivity contribution in [2.45, 2.75) is 32.7 Å². The molecule has 0 aromatic carbocycles. The Morgan fingerprint density at radius 2 is 2.33 bits per heavy atom. The predicted molar refractivity (Wildman–Crippen MR) is 73.6 cm³/mol. The number of aromatic nitrogens is 3. The van der Waals surface area contributed by atoms with E-state index < -0.39 is 0 Å². The van der Waals surface area contributed by atoms with E-state index in [1.165, 1.54) is 4.88 Å². The van der Waals surface area contributed by atoms with Gasteiger partial charge in [-0.3, -0.25) is 4.98 Å². The topological polar surface area (TPSA) is 50.7 Å². The molecule has 2 heterocycles. The van der Waals surface area contributed by atoms with Gasteiger partial charge in [0.1, 0.15) is 5.82 Å². The van der Waals surface area contributed by atoms with E-state index in [4.69, 9.17) is 0 Å². The van der Waals surface area contributed by atoms with Crippen molar-refractivity contribution < 1.29 is 0 Å². The van der Waals surface area contributed by atoms with Gasteiger partial charge in [-0.05, 0) is 26.0 Å². The van der Waals surface area contributed by atoms with E-state index in [0.29, 0.717) is 0 Å². The molecular weight excluding hydrogens is 244 g/mol. The molecule has 2 aromatic rings. The van der Waals surface area contributed by atoms with Crippen molar-refractivity contribution in [2.24, 2.45) is 0 Å². The minimum atomic E-state index is 0.243. The van der Waals surface area contributed by atoms with E-state index in [0.717, 1.165) is 30.9 Å². The maximum absolute atomic E-state index is 4.52. The van der Waals surface area contributed by atoms with Crippen molar-refractivity contribution in [3.63, 3.8) is 0 Å². The molecule has 0 saturated heterocycles. The van der Waals surface area contributed by atoms with Crippen LogP contribution in [0.5, 0.6) is 0 Å². The van der Waals surface area contributed by atoms with E-state index in [9.17, 15) is 0 Å². The van der Waals surface area contributed by atoms with Gasteiger partial charge in [0, 0.05) is 23.7 Å². The van der Waals surface area contributed by atoms with E-state index in [1.807, 2.05) is 30.9 Å². The van der Waals surface area contributed by atoms with Crippen molar-refractivity contribution in [1.29, 1.82) is 0 Å². The molecule has 0 aliphatic heterocycles. The van der Waals surface area contributed by atoms with Gasteiger partial charge >= 0.3 is 0 Å². The number of nitrogens with zero attached hydrogens (tertiary/aromatic N) is 3. The van der Waals surface area contributed by atoms with Gasteiger partial charge in [0.05, 0.1) is 17.2 Å². The van der Waals surface area contributed by atoms with Crippen molar-refractivity contribution >= 4 is 11.3 Å². The first kappa shape index (κ1) is 13.1. The van der Waals surface area contributed by atoms with Gasteiger partial charge in [-0.15, -0.1) is 11.3 Å². The Labute approximate surface area is 112 Å². The number of rotatable bonds is 6. The molecule has 5 heteroatoms. The van der Waals surface area contributed by atoms with Crippen LogP contribution in [0.1, 0.15) is 35.8 Å². The lowest BCUT2D eigenvalue weighted by Gasteiger charge is -2.17. The number of aryl methyl sites for hydroxylation is 1. The molecule has 1 N–H and O–H groups in total. The van der Waals surface area contributed by atoms with Crippen LogP contribution in [-0.2, 0) is 6.42 Å². The zero-order valence-corrected chi connectivity index (χ0v) is 11.6. The minimum absolute atomic E-state index is 0.243. The lowest BCUT2D eigenvalue weighted by Crippen LogP contribution is -2.25. The Balaban J connectivity index is 2.13. The van der Waals surface area contributed by atoms with Crippen molar-refractivity contribution in [3.05, 3.63) is 40.4 Å². The van der Waals surface area contributed by atoms with Crippen molar-refractivity contribution in [3.8, 4) is 0 Å². The van der Waals surface area contributed by atoms with Gasteiger partial charge in [-0.2, -0.15) is 0 Å². The van der Waals surface area contributed by atoms with Crippen LogP contribution in [-0.4, -0.2) is 21.5 Å². The van der Waals surface area contributed by atoms with E-state index in [2.05, 4.69) is 27.2 Å². The molecule has 0 radical (unpaired) electrons. The fourth-order valence-corrected chi connectivity index (χ4v) is 2.45. The minimum Gasteiger partial charge on any atom is -0.308 e. The smallest absolute Gasteiger partial charge is 0.125 e. The summed E-state index contributed by atoms with van der Waals surface area (Å²) in [6, 6.07) is 2.23. The first-order valence-corrected chi connectivity index (χ1v) is 7.08. The first-order chi connectivity index (χ1) is 8.79. The van der Waals surface area contributed by atoms with Gasteiger partial charge < -0.3 is 5.32 Å². The Morgan fingerprint density at radius 3 is 3.00 bits per heavy atom. The summed E-state index contributed by atoms with van der Waals surface area (Å²) in [4.78, 5) is 14.1. The summed E-state index contributed by atoms with van der Waals surface area (Å²) >= 11 is 1.69. The summed E-state index contributed by atoms with van der Waals surface area (Å²) in [6.45, 7) is 5.08. The SMILES string of the molecule is CCCNC(Cc1cncs1)c1ccnc(C)n1. The average molecular weight is 262 g/mol. The molecule has 0 aliphatic carbocycles. The van der Waals surface area contributed by atoms with Crippen molar-refractivity contribution in [1.82, 2.24) is 20.3 Å². The van der Waals surface area contributed by atoms with E-state index in [1.54, 1.807) is 11.3 Å². The van der Waals surface area contributed by atoms with Gasteiger partial charge in [-0.25, -0.2) is 9.97 Å². The van der Waals surface area contributed by atoms with Gasteiger partial charge in [0.25, 0.3) is 0 Å². The molecular formula is C13H18N4S. The molecule has 4 nitrogen and oxygen atoms in total. The van der Waals surface area contributed by atoms with Gasteiger partial charge in [-0.1, -0.05) is 6.92 Å². The second kappa shape index (κ2) is 6.56. The van der Waals surface area contributed by atoms with E-state index >= 15 is 0 Å². The molecule has 2 rings (SSSR count). The lowest BCUT2D eigenvalue weighted by atomic mass is 10.1. The van der Waals surface area contributed by atoms with Gasteiger partial charge in [0.2, 0.25) is 0 Å². The number of hydrogen-bond acceptors (Lipinski definition) is 5. The van der Waals surface area contributed by atoms with E-state index in [-0.39, 0.29) is 6.04 Å². The second-order valence-corrected chi connectivity index (χ2v) is 5.18. The summed E-state index contributed by atoms with van der Waals surface area (Å²) in [5.74, 6) is 0.820. The first-order valence-electron chi connectivity index (χ1n) is 6.20. The molecule has 2 aromatic heterocycles. The zero-order chi connectivity index (χ0) is 12.8. The largest absolute Gasteiger partial charge is 0.308 e. The van der Waals surface area contributed by atoms with Crippen LogP contribution in [0, 0.1) is 6.92 Å². The number of hydrogen-bond donors (Lipinski definition) is 1. The summed E-state index contributed by atoms with van der Waals surface area (Å²) in [6.07, 6.45) is 5.80. The number of nitrogens with one attached hydrogen (secondary N) is 1. The molecule has 0 bridgehead atoms. The standard InChI is InChI=1S/C13H18N4S/c1-3-5-16-13(7-11-8-14-9-18-11)12-4-6-15-10(2)17-12/h4,6,8-9,13,16H,3,5,7H2,1-2H3. The quantitative estimate of drug-likeness (QED) is 0.869. The molecule has 0 saturated carbocycles. The monoisotopic (exact) mass is 262 g/mol. The Hall–Kier alpha value is -1.33. The molecule has 0 aliphatic rings. The predicted octanol–water partition coefficient (Wildman–Crippen LogP) is 2.52. The highest BCUT2D eigenvalue weighted by molar-refractivity contribution is 7.09. The number of thiazole rings is 1. The highest BCUT2D eigenvalue weighted by Crippen LogP contribution is 2.18. The van der Waals surface area contributed by atoms with Gasteiger partial charge in [0.15, 0.2) is 0 Å². The van der Waals surface area contributed by atoms with Crippen LogP contribution in [0.2, 0.25) is 0 Å². The second-order valence-electron chi connectivity index (χ2n) is 4.21. The molecule has 0 amide bonds. The fraction of sp³-hybridized carbons (Fsp3) is 0.462. The molecule has 1 atom stereocenters. The summed E-state index contributed by atoms with van der Waals surface area (Å²) in [5.41, 5.74) is 2.93.